The van der Waals surface area contributed by atoms with Gasteiger partial charge in [-0.2, -0.15) is 0 Å². The average Bonchev–Trinajstić information content (AvgIpc) is 2.45. The summed E-state index contributed by atoms with van der Waals surface area (Å²) in [6.45, 7) is 2.02. The van der Waals surface area contributed by atoms with Gasteiger partial charge < -0.3 is 9.84 Å². The van der Waals surface area contributed by atoms with Gasteiger partial charge in [-0.25, -0.2) is 4.79 Å². The highest BCUT2D eigenvalue weighted by atomic mass is 16.6. The number of esters is 1. The average molecular weight is 226 g/mol. The third kappa shape index (κ3) is 2.92. The van der Waals surface area contributed by atoms with Crippen LogP contribution in [0.4, 0.5) is 0 Å². The van der Waals surface area contributed by atoms with Crippen LogP contribution < -0.4 is 0 Å². The number of ether oxygens (including phenoxy) is 1. The van der Waals surface area contributed by atoms with E-state index in [1.807, 2.05) is 6.92 Å². The number of Topliss-reactive ketones (excluding diaryl/α,β-unsaturated/α-hetero) is 1. The predicted molar refractivity (Wildman–Crippen MR) is 54.4 cm³/mol. The molecule has 0 amide bonds. The van der Waals surface area contributed by atoms with Crippen LogP contribution in [-0.2, 0) is 19.1 Å². The van der Waals surface area contributed by atoms with Crippen molar-refractivity contribution in [2.45, 2.75) is 32.6 Å². The first-order valence-electron chi connectivity index (χ1n) is 5.26. The van der Waals surface area contributed by atoms with Gasteiger partial charge in [0.1, 0.15) is 5.92 Å². The summed E-state index contributed by atoms with van der Waals surface area (Å²) in [4.78, 5) is 33.2. The van der Waals surface area contributed by atoms with Gasteiger partial charge in [0.2, 0.25) is 5.78 Å². The van der Waals surface area contributed by atoms with Crippen molar-refractivity contribution in [3.05, 3.63) is 11.8 Å². The number of hydrogen-bond acceptors (Lipinski definition) is 4. The van der Waals surface area contributed by atoms with E-state index in [0.717, 1.165) is 19.3 Å². The smallest absolute Gasteiger partial charge is 0.332 e. The third-order valence-corrected chi connectivity index (χ3v) is 2.41. The minimum atomic E-state index is -1.29. The Bertz CT molecular complexity index is 342. The molecule has 0 radical (unpaired) electrons. The van der Waals surface area contributed by atoms with Gasteiger partial charge in [0.25, 0.3) is 0 Å². The van der Waals surface area contributed by atoms with E-state index < -0.39 is 23.6 Å². The Morgan fingerprint density at radius 2 is 2.12 bits per heavy atom. The first-order valence-corrected chi connectivity index (χ1v) is 5.26. The van der Waals surface area contributed by atoms with Crippen molar-refractivity contribution in [1.29, 1.82) is 0 Å². The van der Waals surface area contributed by atoms with Crippen LogP contribution in [0, 0.1) is 5.92 Å². The second-order valence-electron chi connectivity index (χ2n) is 3.68. The molecule has 0 aromatic carbocycles. The number of hydrogen-bond donors (Lipinski definition) is 1. The summed E-state index contributed by atoms with van der Waals surface area (Å²) >= 11 is 0. The van der Waals surface area contributed by atoms with Crippen molar-refractivity contribution in [2.75, 3.05) is 0 Å². The molecule has 1 rings (SSSR count). The molecule has 0 aromatic heterocycles. The molecule has 1 heterocycles. The molecule has 16 heavy (non-hydrogen) atoms. The van der Waals surface area contributed by atoms with Crippen LogP contribution in [0.5, 0.6) is 0 Å². The standard InChI is InChI=1S/C11H14O5/c1-2-3-4-5-7-10(14)8(6-9(12)13)16-11(7)15/h6-7H,2-5H2,1H3,(H,12,13)/b8-6-. The Morgan fingerprint density at radius 1 is 1.44 bits per heavy atom. The van der Waals surface area contributed by atoms with Crippen LogP contribution in [0.25, 0.3) is 0 Å². The SMILES string of the molecule is CCCCCC1C(=O)O/C(=C\C(=O)O)C1=O. The predicted octanol–water partition coefficient (Wildman–Crippen LogP) is 1.28. The van der Waals surface area contributed by atoms with Crippen LogP contribution in [-0.4, -0.2) is 22.8 Å². The van der Waals surface area contributed by atoms with E-state index in [1.165, 1.54) is 0 Å². The summed E-state index contributed by atoms with van der Waals surface area (Å²) in [5.41, 5.74) is 0. The zero-order valence-electron chi connectivity index (χ0n) is 9.06. The van der Waals surface area contributed by atoms with Crippen LogP contribution in [0.2, 0.25) is 0 Å². The number of ketones is 1. The fourth-order valence-corrected chi connectivity index (χ4v) is 1.57. The fraction of sp³-hybridized carbons (Fsp3) is 0.545. The summed E-state index contributed by atoms with van der Waals surface area (Å²) in [6, 6.07) is 0. The van der Waals surface area contributed by atoms with E-state index in [2.05, 4.69) is 4.74 Å². The Morgan fingerprint density at radius 3 is 2.69 bits per heavy atom. The molecule has 1 unspecified atom stereocenters. The number of carbonyl (C=O) groups excluding carboxylic acids is 2. The van der Waals surface area contributed by atoms with Crippen molar-refractivity contribution in [3.63, 3.8) is 0 Å². The van der Waals surface area contributed by atoms with E-state index >= 15 is 0 Å². The second kappa shape index (κ2) is 5.44. The lowest BCUT2D eigenvalue weighted by Crippen LogP contribution is -2.14. The molecule has 0 aromatic rings. The van der Waals surface area contributed by atoms with Crippen molar-refractivity contribution in [2.24, 2.45) is 5.92 Å². The molecule has 5 nitrogen and oxygen atoms in total. The molecule has 0 spiro atoms. The lowest BCUT2D eigenvalue weighted by molar-refractivity contribution is -0.139. The normalized spacial score (nSPS) is 22.6. The van der Waals surface area contributed by atoms with E-state index in [-0.39, 0.29) is 5.76 Å². The maximum Gasteiger partial charge on any atom is 0.332 e. The van der Waals surface area contributed by atoms with Crippen LogP contribution in [0.1, 0.15) is 32.6 Å². The van der Waals surface area contributed by atoms with Crippen molar-refractivity contribution >= 4 is 17.7 Å². The molecule has 1 aliphatic rings. The molecular weight excluding hydrogens is 212 g/mol. The molecule has 0 aliphatic carbocycles. The van der Waals surface area contributed by atoms with E-state index in [1.54, 1.807) is 0 Å². The molecule has 1 saturated heterocycles. The Kier molecular flexibility index (Phi) is 4.22. The first-order chi connectivity index (χ1) is 7.56. The summed E-state index contributed by atoms with van der Waals surface area (Å²) in [5.74, 6) is -3.58. The summed E-state index contributed by atoms with van der Waals surface area (Å²) in [5, 5.41) is 8.46. The van der Waals surface area contributed by atoms with Crippen molar-refractivity contribution in [1.82, 2.24) is 0 Å². The molecule has 1 fully saturated rings. The summed E-state index contributed by atoms with van der Waals surface area (Å²) in [7, 11) is 0. The maximum absolute atomic E-state index is 11.6. The summed E-state index contributed by atoms with van der Waals surface area (Å²) in [6.07, 6.45) is 3.77. The Hall–Kier alpha value is -1.65. The van der Waals surface area contributed by atoms with Gasteiger partial charge in [0.05, 0.1) is 6.08 Å². The van der Waals surface area contributed by atoms with Gasteiger partial charge in [0.15, 0.2) is 5.76 Å². The minimum Gasteiger partial charge on any atom is -0.478 e. The molecule has 0 saturated carbocycles. The van der Waals surface area contributed by atoms with Crippen LogP contribution >= 0.6 is 0 Å². The van der Waals surface area contributed by atoms with E-state index in [4.69, 9.17) is 5.11 Å². The lowest BCUT2D eigenvalue weighted by atomic mass is 9.98. The molecular formula is C11H14O5. The minimum absolute atomic E-state index is 0.348. The molecule has 1 aliphatic heterocycles. The zero-order valence-corrected chi connectivity index (χ0v) is 9.06. The number of allylic oxidation sites excluding steroid dienone is 1. The second-order valence-corrected chi connectivity index (χ2v) is 3.68. The highest BCUT2D eigenvalue weighted by molar-refractivity contribution is 6.14. The van der Waals surface area contributed by atoms with Gasteiger partial charge in [-0.1, -0.05) is 26.2 Å². The number of cyclic esters (lactones) is 1. The molecule has 1 N–H and O–H groups in total. The van der Waals surface area contributed by atoms with Crippen LogP contribution in [0.15, 0.2) is 11.8 Å². The summed E-state index contributed by atoms with van der Waals surface area (Å²) < 4.78 is 4.62. The number of carboxylic acid groups (broad SMARTS) is 1. The Labute approximate surface area is 93.1 Å². The zero-order chi connectivity index (χ0) is 12.1. The van der Waals surface area contributed by atoms with Gasteiger partial charge in [0, 0.05) is 0 Å². The molecule has 0 bridgehead atoms. The lowest BCUT2D eigenvalue weighted by Gasteiger charge is -2.01. The third-order valence-electron chi connectivity index (χ3n) is 2.41. The van der Waals surface area contributed by atoms with E-state index in [0.29, 0.717) is 12.5 Å². The maximum atomic E-state index is 11.6. The molecule has 88 valence electrons. The fourth-order valence-electron chi connectivity index (χ4n) is 1.57. The van der Waals surface area contributed by atoms with E-state index in [9.17, 15) is 14.4 Å². The number of carbonyl (C=O) groups is 3. The highest BCUT2D eigenvalue weighted by Crippen LogP contribution is 2.25. The molecule has 5 heteroatoms. The van der Waals surface area contributed by atoms with Crippen molar-refractivity contribution in [3.8, 4) is 0 Å². The number of carboxylic acids is 1. The quantitative estimate of drug-likeness (QED) is 0.330. The first kappa shape index (κ1) is 12.4. The van der Waals surface area contributed by atoms with Crippen LogP contribution in [0.3, 0.4) is 0 Å². The van der Waals surface area contributed by atoms with Gasteiger partial charge in [-0.05, 0) is 6.42 Å². The monoisotopic (exact) mass is 226 g/mol. The largest absolute Gasteiger partial charge is 0.478 e. The van der Waals surface area contributed by atoms with Crippen molar-refractivity contribution < 1.29 is 24.2 Å². The topological polar surface area (TPSA) is 80.7 Å². The number of rotatable bonds is 5. The highest BCUT2D eigenvalue weighted by Gasteiger charge is 2.39. The van der Waals surface area contributed by atoms with Gasteiger partial charge in [-0.3, -0.25) is 9.59 Å². The van der Waals surface area contributed by atoms with Gasteiger partial charge >= 0.3 is 11.9 Å². The number of aliphatic carboxylic acids is 1. The molecule has 1 atom stereocenters. The number of unbranched alkanes of at least 4 members (excludes halogenated alkanes) is 2. The van der Waals surface area contributed by atoms with Gasteiger partial charge in [-0.15, -0.1) is 0 Å². The Balaban J connectivity index is 2.64.